The maximum atomic E-state index is 13.0. The lowest BCUT2D eigenvalue weighted by atomic mass is 10.1. The highest BCUT2D eigenvalue weighted by Crippen LogP contribution is 2.25. The Balaban J connectivity index is 1.82. The second kappa shape index (κ2) is 7.47. The molecular formula is C20H21N3O5. The smallest absolute Gasteiger partial charge is 0.341 e. The van der Waals surface area contributed by atoms with Crippen LogP contribution in [0.25, 0.3) is 16.9 Å². The first kappa shape index (κ1) is 18.2. The number of rotatable bonds is 5. The van der Waals surface area contributed by atoms with Crippen LogP contribution < -0.4 is 10.3 Å². The van der Waals surface area contributed by atoms with Crippen LogP contribution in [0.2, 0.25) is 0 Å². The minimum Gasteiger partial charge on any atom is -0.497 e. The van der Waals surface area contributed by atoms with Gasteiger partial charge in [0.2, 0.25) is 0 Å². The molecule has 8 nitrogen and oxygen atoms in total. The fourth-order valence-corrected chi connectivity index (χ4v) is 3.45. The molecule has 1 unspecified atom stereocenters. The van der Waals surface area contributed by atoms with Gasteiger partial charge in [-0.15, -0.1) is 0 Å². The van der Waals surface area contributed by atoms with E-state index in [-0.39, 0.29) is 17.2 Å². The molecule has 0 aliphatic carbocycles. The summed E-state index contributed by atoms with van der Waals surface area (Å²) in [4.78, 5) is 25.3. The maximum Gasteiger partial charge on any atom is 0.341 e. The summed E-state index contributed by atoms with van der Waals surface area (Å²) < 4.78 is 18.8. The van der Waals surface area contributed by atoms with Crippen molar-refractivity contribution >= 4 is 5.97 Å². The Morgan fingerprint density at radius 3 is 2.68 bits per heavy atom. The van der Waals surface area contributed by atoms with Crippen molar-refractivity contribution in [3.8, 4) is 22.7 Å². The van der Waals surface area contributed by atoms with Crippen LogP contribution in [-0.2, 0) is 16.0 Å². The number of carbonyl (C=O) groups excluding carboxylic acids is 1. The van der Waals surface area contributed by atoms with E-state index in [0.29, 0.717) is 29.2 Å². The van der Waals surface area contributed by atoms with Crippen LogP contribution in [0.15, 0.2) is 41.5 Å². The summed E-state index contributed by atoms with van der Waals surface area (Å²) in [7, 11) is 2.88. The molecule has 0 amide bonds. The summed E-state index contributed by atoms with van der Waals surface area (Å²) >= 11 is 0. The number of pyridine rings is 1. The minimum absolute atomic E-state index is 0.0692. The molecule has 3 aliphatic heterocycles. The monoisotopic (exact) mass is 383 g/mol. The summed E-state index contributed by atoms with van der Waals surface area (Å²) in [6.45, 7) is 1.30. The predicted molar refractivity (Wildman–Crippen MR) is 101 cm³/mol. The van der Waals surface area contributed by atoms with Crippen molar-refractivity contribution in [3.05, 3.63) is 52.6 Å². The van der Waals surface area contributed by atoms with Crippen LogP contribution in [0.5, 0.6) is 5.75 Å². The third kappa shape index (κ3) is 3.27. The Kier molecular flexibility index (Phi) is 4.87. The molecule has 4 rings (SSSR count). The van der Waals surface area contributed by atoms with E-state index < -0.39 is 5.97 Å². The minimum atomic E-state index is -0.536. The third-order valence-electron chi connectivity index (χ3n) is 4.88. The molecule has 0 spiro atoms. The number of benzene rings is 1. The van der Waals surface area contributed by atoms with Crippen LogP contribution in [0.3, 0.4) is 0 Å². The molecule has 0 N–H and O–H groups in total. The van der Waals surface area contributed by atoms with Gasteiger partial charge in [-0.1, -0.05) is 0 Å². The first-order valence-corrected chi connectivity index (χ1v) is 9.08. The number of fused-ring (bicyclic) bond motifs is 1. The Labute approximate surface area is 161 Å². The molecule has 0 radical (unpaired) electrons. The van der Waals surface area contributed by atoms with Crippen molar-refractivity contribution in [2.24, 2.45) is 0 Å². The quantitative estimate of drug-likeness (QED) is 0.628. The number of esters is 1. The molecule has 0 bridgehead atoms. The van der Waals surface area contributed by atoms with Crippen molar-refractivity contribution in [1.29, 1.82) is 0 Å². The molecule has 8 heteroatoms. The SMILES string of the molecule is COC(=O)c1cn(CC2CCCO2)cc2c(=O)n(-c3ccc(OC)cc3)nc1-2. The summed E-state index contributed by atoms with van der Waals surface area (Å²) in [5.74, 6) is 0.142. The van der Waals surface area contributed by atoms with Gasteiger partial charge in [-0.05, 0) is 37.1 Å². The van der Waals surface area contributed by atoms with Gasteiger partial charge in [0, 0.05) is 25.5 Å². The molecule has 0 aromatic heterocycles. The van der Waals surface area contributed by atoms with Gasteiger partial charge in [0.05, 0.1) is 31.6 Å². The number of nitrogens with zero attached hydrogens (tertiary/aromatic N) is 3. The van der Waals surface area contributed by atoms with Crippen LogP contribution in [0, 0.1) is 0 Å². The van der Waals surface area contributed by atoms with Crippen LogP contribution in [0.4, 0.5) is 0 Å². The van der Waals surface area contributed by atoms with E-state index in [1.165, 1.54) is 11.8 Å². The lowest BCUT2D eigenvalue weighted by Crippen LogP contribution is -2.19. The highest BCUT2D eigenvalue weighted by atomic mass is 16.5. The summed E-state index contributed by atoms with van der Waals surface area (Å²) in [5.41, 5.74) is 1.21. The van der Waals surface area contributed by atoms with E-state index in [2.05, 4.69) is 5.10 Å². The first-order valence-electron chi connectivity index (χ1n) is 9.08. The summed E-state index contributed by atoms with van der Waals surface area (Å²) in [6, 6.07) is 6.98. The standard InChI is InChI=1S/C20H21N3O5/c1-26-14-7-5-13(6-8-14)23-19(24)16-11-22(10-15-4-3-9-28-15)12-17(18(16)21-23)20(25)27-2/h5-8,11-12,15H,3-4,9-10H2,1-2H3. The molecule has 1 saturated heterocycles. The predicted octanol–water partition coefficient (Wildman–Crippen LogP) is 2.11. The summed E-state index contributed by atoms with van der Waals surface area (Å²) in [6.07, 6.45) is 5.42. The van der Waals surface area contributed by atoms with Crippen LogP contribution in [-0.4, -0.2) is 47.2 Å². The second-order valence-electron chi connectivity index (χ2n) is 6.67. The average Bonchev–Trinajstić information content (AvgIpc) is 3.35. The summed E-state index contributed by atoms with van der Waals surface area (Å²) in [5, 5.41) is 4.40. The van der Waals surface area contributed by atoms with Crippen molar-refractivity contribution in [2.75, 3.05) is 20.8 Å². The van der Waals surface area contributed by atoms with Gasteiger partial charge in [0.1, 0.15) is 17.0 Å². The first-order chi connectivity index (χ1) is 13.6. The van der Waals surface area contributed by atoms with Gasteiger partial charge in [0.25, 0.3) is 5.56 Å². The number of carbonyl (C=O) groups is 1. The van der Waals surface area contributed by atoms with Gasteiger partial charge in [0.15, 0.2) is 0 Å². The number of hydrogen-bond donors (Lipinski definition) is 0. The Morgan fingerprint density at radius 1 is 1.25 bits per heavy atom. The molecule has 146 valence electrons. The molecule has 1 aromatic carbocycles. The number of methoxy groups -OCH3 is 2. The zero-order chi connectivity index (χ0) is 19.7. The van der Waals surface area contributed by atoms with Crippen LogP contribution >= 0.6 is 0 Å². The molecule has 1 aromatic rings. The number of hydrogen-bond acceptors (Lipinski definition) is 6. The Morgan fingerprint density at radius 2 is 2.04 bits per heavy atom. The van der Waals surface area contributed by atoms with Crippen molar-refractivity contribution in [2.45, 2.75) is 25.5 Å². The largest absolute Gasteiger partial charge is 0.497 e. The van der Waals surface area contributed by atoms with Crippen LogP contribution in [0.1, 0.15) is 23.2 Å². The van der Waals surface area contributed by atoms with E-state index >= 15 is 0 Å². The van der Waals surface area contributed by atoms with Crippen molar-refractivity contribution in [3.63, 3.8) is 0 Å². The Bertz CT molecular complexity index is 1020. The van der Waals surface area contributed by atoms with Gasteiger partial charge >= 0.3 is 5.97 Å². The molecule has 1 atom stereocenters. The van der Waals surface area contributed by atoms with Gasteiger partial charge in [-0.25, -0.2) is 4.79 Å². The third-order valence-corrected chi connectivity index (χ3v) is 4.88. The molecular weight excluding hydrogens is 362 g/mol. The number of aromatic nitrogens is 3. The highest BCUT2D eigenvalue weighted by molar-refractivity contribution is 5.96. The van der Waals surface area contributed by atoms with E-state index in [4.69, 9.17) is 14.2 Å². The second-order valence-corrected chi connectivity index (χ2v) is 6.67. The maximum absolute atomic E-state index is 13.0. The van der Waals surface area contributed by atoms with Crippen molar-refractivity contribution < 1.29 is 19.0 Å². The normalized spacial score (nSPS) is 16.4. The zero-order valence-electron chi connectivity index (χ0n) is 15.8. The van der Waals surface area contributed by atoms with Gasteiger partial charge < -0.3 is 18.8 Å². The highest BCUT2D eigenvalue weighted by Gasteiger charge is 2.26. The zero-order valence-corrected chi connectivity index (χ0v) is 15.8. The topological polar surface area (TPSA) is 84.6 Å². The van der Waals surface area contributed by atoms with Crippen molar-refractivity contribution in [1.82, 2.24) is 14.3 Å². The van der Waals surface area contributed by atoms with E-state index in [0.717, 1.165) is 19.4 Å². The van der Waals surface area contributed by atoms with E-state index in [1.54, 1.807) is 43.8 Å². The molecule has 3 heterocycles. The Hall–Kier alpha value is -3.13. The molecule has 1 fully saturated rings. The molecule has 3 aliphatic rings. The lowest BCUT2D eigenvalue weighted by molar-refractivity contribution is 0.0598. The lowest BCUT2D eigenvalue weighted by Gasteiger charge is -2.15. The number of ether oxygens (including phenoxy) is 3. The fourth-order valence-electron chi connectivity index (χ4n) is 3.45. The van der Waals surface area contributed by atoms with E-state index in [9.17, 15) is 9.59 Å². The van der Waals surface area contributed by atoms with E-state index in [1.807, 2.05) is 4.57 Å². The van der Waals surface area contributed by atoms with Gasteiger partial charge in [-0.3, -0.25) is 4.79 Å². The van der Waals surface area contributed by atoms with Gasteiger partial charge in [-0.2, -0.15) is 9.78 Å². The average molecular weight is 383 g/mol. The molecule has 0 saturated carbocycles. The fraction of sp³-hybridized carbons (Fsp3) is 0.350. The molecule has 28 heavy (non-hydrogen) atoms.